The molecule has 1 N–H and O–H groups in total. The minimum atomic E-state index is -1.91. The van der Waals surface area contributed by atoms with Crippen LogP contribution in [0, 0.1) is 11.8 Å². The van der Waals surface area contributed by atoms with Crippen molar-refractivity contribution in [2.75, 3.05) is 13.7 Å². The first kappa shape index (κ1) is 26.1. The molecule has 6 nitrogen and oxygen atoms in total. The first-order chi connectivity index (χ1) is 13.4. The fourth-order valence-electron chi connectivity index (χ4n) is 3.76. The van der Waals surface area contributed by atoms with Gasteiger partial charge < -0.3 is 19.0 Å². The third-order valence-corrected chi connectivity index (χ3v) is 11.2. The van der Waals surface area contributed by atoms with E-state index in [2.05, 4.69) is 38.6 Å². The van der Waals surface area contributed by atoms with Crippen molar-refractivity contribution in [2.45, 2.75) is 103 Å². The maximum absolute atomic E-state index is 11.5. The van der Waals surface area contributed by atoms with Crippen LogP contribution in [0.15, 0.2) is 0 Å². The summed E-state index contributed by atoms with van der Waals surface area (Å²) in [6.45, 7) is 13.0. The molecule has 1 aliphatic rings. The summed E-state index contributed by atoms with van der Waals surface area (Å²) in [5.41, 5.74) is 0. The highest BCUT2D eigenvalue weighted by molar-refractivity contribution is 6.74. The van der Waals surface area contributed by atoms with Gasteiger partial charge in [0, 0.05) is 38.2 Å². The summed E-state index contributed by atoms with van der Waals surface area (Å²) in [5.74, 6) is -0.360. The zero-order valence-electron chi connectivity index (χ0n) is 19.5. The van der Waals surface area contributed by atoms with Gasteiger partial charge >= 0.3 is 11.9 Å². The van der Waals surface area contributed by atoms with Crippen LogP contribution in [0.1, 0.15) is 72.6 Å². The SMILES string of the molecule is COC(=O)CCCCCC[C@H]1[C@@H](OC(C)=O)CC(O)[C@@H]1CO[Si](C)(C)C(C)(C)C. The van der Waals surface area contributed by atoms with Crippen molar-refractivity contribution in [3.05, 3.63) is 0 Å². The number of methoxy groups -OCH3 is 1. The Morgan fingerprint density at radius 3 is 2.24 bits per heavy atom. The molecule has 0 aromatic rings. The summed E-state index contributed by atoms with van der Waals surface area (Å²) < 4.78 is 16.6. The summed E-state index contributed by atoms with van der Waals surface area (Å²) >= 11 is 0. The van der Waals surface area contributed by atoms with E-state index in [1.165, 1.54) is 14.0 Å². The fourth-order valence-corrected chi connectivity index (χ4v) is 4.80. The van der Waals surface area contributed by atoms with Crippen LogP contribution in [-0.2, 0) is 23.5 Å². The number of hydrogen-bond acceptors (Lipinski definition) is 6. The van der Waals surface area contributed by atoms with Gasteiger partial charge in [-0.1, -0.05) is 40.0 Å². The number of hydrogen-bond donors (Lipinski definition) is 1. The molecule has 1 fully saturated rings. The van der Waals surface area contributed by atoms with Gasteiger partial charge in [0.1, 0.15) is 6.10 Å². The molecule has 0 aromatic heterocycles. The fraction of sp³-hybridized carbons (Fsp3) is 0.909. The topological polar surface area (TPSA) is 82.1 Å². The van der Waals surface area contributed by atoms with E-state index in [-0.39, 0.29) is 34.9 Å². The van der Waals surface area contributed by atoms with Crippen molar-refractivity contribution in [3.8, 4) is 0 Å². The van der Waals surface area contributed by atoms with Gasteiger partial charge in [-0.15, -0.1) is 0 Å². The minimum Gasteiger partial charge on any atom is -0.469 e. The summed E-state index contributed by atoms with van der Waals surface area (Å²) in [4.78, 5) is 22.7. The molecule has 1 unspecified atom stereocenters. The number of carbonyl (C=O) groups excluding carboxylic acids is 2. The Morgan fingerprint density at radius 2 is 1.69 bits per heavy atom. The number of aliphatic hydroxyl groups excluding tert-OH is 1. The predicted molar refractivity (Wildman–Crippen MR) is 116 cm³/mol. The van der Waals surface area contributed by atoms with Crippen LogP contribution >= 0.6 is 0 Å². The molecule has 0 amide bonds. The molecule has 0 heterocycles. The number of unbranched alkanes of at least 4 members (excludes halogenated alkanes) is 3. The lowest BCUT2D eigenvalue weighted by Crippen LogP contribution is -2.43. The van der Waals surface area contributed by atoms with E-state index in [0.717, 1.165) is 32.1 Å². The molecule has 4 atom stereocenters. The third kappa shape index (κ3) is 8.38. The Labute approximate surface area is 177 Å². The molecule has 0 aromatic carbocycles. The van der Waals surface area contributed by atoms with Gasteiger partial charge in [-0.05, 0) is 31.0 Å². The standard InChI is InChI=1S/C22H42O6Si/c1-16(23)28-20-14-19(24)18(15-27-29(6,7)22(2,3)4)17(20)12-10-8-9-11-13-21(25)26-5/h17-20,24H,8-15H2,1-7H3/t17-,18-,19?,20+/m1/s1. The third-order valence-electron chi connectivity index (χ3n) is 6.65. The molecule has 7 heteroatoms. The van der Waals surface area contributed by atoms with E-state index in [1.807, 2.05) is 0 Å². The van der Waals surface area contributed by atoms with Crippen molar-refractivity contribution >= 4 is 20.3 Å². The largest absolute Gasteiger partial charge is 0.469 e. The number of rotatable bonds is 11. The van der Waals surface area contributed by atoms with Crippen molar-refractivity contribution in [3.63, 3.8) is 0 Å². The van der Waals surface area contributed by atoms with Crippen LogP contribution in [0.3, 0.4) is 0 Å². The second-order valence-electron chi connectivity index (χ2n) is 9.88. The van der Waals surface area contributed by atoms with Crippen molar-refractivity contribution in [2.24, 2.45) is 11.8 Å². The summed E-state index contributed by atoms with van der Waals surface area (Å²) in [6.07, 6.45) is 4.85. The first-order valence-corrected chi connectivity index (χ1v) is 13.9. The van der Waals surface area contributed by atoms with E-state index in [4.69, 9.17) is 9.16 Å². The van der Waals surface area contributed by atoms with Crippen molar-refractivity contribution < 1.29 is 28.6 Å². The van der Waals surface area contributed by atoms with Crippen LogP contribution < -0.4 is 0 Å². The van der Waals surface area contributed by atoms with E-state index >= 15 is 0 Å². The molecule has 170 valence electrons. The molecule has 0 saturated heterocycles. The molecule has 0 radical (unpaired) electrons. The molecule has 0 aliphatic heterocycles. The van der Waals surface area contributed by atoms with Gasteiger partial charge in [-0.3, -0.25) is 9.59 Å². The van der Waals surface area contributed by atoms with Gasteiger partial charge in [0.25, 0.3) is 0 Å². The van der Waals surface area contributed by atoms with E-state index in [0.29, 0.717) is 19.4 Å². The van der Waals surface area contributed by atoms with Gasteiger partial charge in [0.15, 0.2) is 8.32 Å². The normalized spacial score (nSPS) is 25.1. The molecule has 1 aliphatic carbocycles. The first-order valence-electron chi connectivity index (χ1n) is 10.9. The Balaban J connectivity index is 2.64. The highest BCUT2D eigenvalue weighted by Crippen LogP contribution is 2.41. The second kappa shape index (κ2) is 11.5. The molecular weight excluding hydrogens is 388 g/mol. The van der Waals surface area contributed by atoms with E-state index in [9.17, 15) is 14.7 Å². The zero-order valence-corrected chi connectivity index (χ0v) is 20.5. The average molecular weight is 431 g/mol. The van der Waals surface area contributed by atoms with Gasteiger partial charge in [0.05, 0.1) is 13.2 Å². The number of ether oxygens (including phenoxy) is 2. The predicted octanol–water partition coefficient (Wildman–Crippen LogP) is 4.45. The lowest BCUT2D eigenvalue weighted by atomic mass is 9.89. The maximum atomic E-state index is 11.5. The smallest absolute Gasteiger partial charge is 0.305 e. The van der Waals surface area contributed by atoms with Crippen LogP contribution in [0.2, 0.25) is 18.1 Å². The summed E-state index contributed by atoms with van der Waals surface area (Å²) in [7, 11) is -0.500. The summed E-state index contributed by atoms with van der Waals surface area (Å²) in [6, 6.07) is 0. The average Bonchev–Trinajstić information content (AvgIpc) is 2.88. The molecule has 29 heavy (non-hydrogen) atoms. The lowest BCUT2D eigenvalue weighted by molar-refractivity contribution is -0.148. The van der Waals surface area contributed by atoms with Gasteiger partial charge in [-0.25, -0.2) is 0 Å². The molecular formula is C22H42O6Si. The second-order valence-corrected chi connectivity index (χ2v) is 14.7. The van der Waals surface area contributed by atoms with Crippen LogP contribution in [0.25, 0.3) is 0 Å². The highest BCUT2D eigenvalue weighted by Gasteiger charge is 2.46. The van der Waals surface area contributed by atoms with Crippen molar-refractivity contribution in [1.29, 1.82) is 0 Å². The lowest BCUT2D eigenvalue weighted by Gasteiger charge is -2.38. The number of aliphatic hydroxyl groups is 1. The molecule has 0 bridgehead atoms. The Morgan fingerprint density at radius 1 is 1.07 bits per heavy atom. The quantitative estimate of drug-likeness (QED) is 0.296. The zero-order chi connectivity index (χ0) is 22.2. The molecule has 1 saturated carbocycles. The van der Waals surface area contributed by atoms with Gasteiger partial charge in [0.2, 0.25) is 0 Å². The Bertz CT molecular complexity index is 528. The Hall–Kier alpha value is -0.923. The van der Waals surface area contributed by atoms with E-state index in [1.54, 1.807) is 0 Å². The molecule has 0 spiro atoms. The van der Waals surface area contributed by atoms with E-state index < -0.39 is 14.4 Å². The van der Waals surface area contributed by atoms with Crippen LogP contribution in [-0.4, -0.2) is 51.3 Å². The van der Waals surface area contributed by atoms with Crippen LogP contribution in [0.4, 0.5) is 0 Å². The molecule has 1 rings (SSSR count). The Kier molecular flexibility index (Phi) is 10.3. The van der Waals surface area contributed by atoms with Crippen LogP contribution in [0.5, 0.6) is 0 Å². The highest BCUT2D eigenvalue weighted by atomic mass is 28.4. The maximum Gasteiger partial charge on any atom is 0.305 e. The minimum absolute atomic E-state index is 0.0106. The summed E-state index contributed by atoms with van der Waals surface area (Å²) in [5, 5.41) is 10.8. The number of carbonyl (C=O) groups is 2. The number of esters is 2. The monoisotopic (exact) mass is 430 g/mol. The van der Waals surface area contributed by atoms with Crippen molar-refractivity contribution in [1.82, 2.24) is 0 Å². The van der Waals surface area contributed by atoms with Gasteiger partial charge in [-0.2, -0.15) is 0 Å².